The molecule has 0 aromatic heterocycles. The summed E-state index contributed by atoms with van der Waals surface area (Å²) >= 11 is 0. The molecular formula is C6MgO12Ti. The summed E-state index contributed by atoms with van der Waals surface area (Å²) in [5.74, 6) is -13.1. The molecule has 20 heavy (non-hydrogen) atoms. The van der Waals surface area contributed by atoms with Crippen molar-refractivity contribution in [3.63, 3.8) is 0 Å². The molecule has 0 heterocycles. The predicted molar refractivity (Wildman–Crippen MR) is 35.8 cm³/mol. The maximum Gasteiger partial charge on any atom is 4.00 e. The van der Waals surface area contributed by atoms with Crippen molar-refractivity contribution in [2.75, 3.05) is 0 Å². The van der Waals surface area contributed by atoms with Gasteiger partial charge in [0.2, 0.25) is 0 Å². The quantitative estimate of drug-likeness (QED) is 0.295. The van der Waals surface area contributed by atoms with Crippen molar-refractivity contribution in [2.45, 2.75) is 0 Å². The molecular weight excluding hydrogens is 336 g/mol. The molecule has 0 aliphatic heterocycles. The van der Waals surface area contributed by atoms with E-state index in [1.807, 2.05) is 0 Å². The van der Waals surface area contributed by atoms with E-state index in [2.05, 4.69) is 0 Å². The SMILES string of the molecule is O=C([O-])C(=O)[O-].O=C([O-])C(=O)[O-].O=C([O-])C(=O)[O-].[Mg+2].[Ti+4]. The normalized spacial score (nSPS) is 6.60. The second-order valence-corrected chi connectivity index (χ2v) is 1.72. The Bertz CT molecular complexity index is 283. The van der Waals surface area contributed by atoms with Gasteiger partial charge < -0.3 is 59.4 Å². The van der Waals surface area contributed by atoms with E-state index in [0.29, 0.717) is 0 Å². The number of hydrogen-bond donors (Lipinski definition) is 0. The predicted octanol–water partition coefficient (Wildman–Crippen LogP) is -10.9. The van der Waals surface area contributed by atoms with E-state index in [4.69, 9.17) is 59.4 Å². The van der Waals surface area contributed by atoms with E-state index in [9.17, 15) is 0 Å². The average Bonchev–Trinajstić information content (AvgIpc) is 2.18. The summed E-state index contributed by atoms with van der Waals surface area (Å²) in [7, 11) is 0. The Kier molecular flexibility index (Phi) is 26.8. The molecule has 0 atom stereocenters. The molecule has 0 saturated heterocycles. The van der Waals surface area contributed by atoms with Crippen LogP contribution in [0.2, 0.25) is 0 Å². The van der Waals surface area contributed by atoms with Gasteiger partial charge in [-0.05, 0) is 0 Å². The fourth-order valence-electron chi connectivity index (χ4n) is 0. The van der Waals surface area contributed by atoms with Crippen LogP contribution in [0.25, 0.3) is 0 Å². The zero-order valence-corrected chi connectivity index (χ0v) is 12.1. The van der Waals surface area contributed by atoms with Crippen LogP contribution in [-0.4, -0.2) is 58.9 Å². The van der Waals surface area contributed by atoms with Crippen LogP contribution in [0.15, 0.2) is 0 Å². The van der Waals surface area contributed by atoms with Crippen LogP contribution in [-0.2, 0) is 50.5 Å². The molecule has 0 unspecified atom stereocenters. The molecule has 12 nitrogen and oxygen atoms in total. The smallest absolute Gasteiger partial charge is 0.543 e. The van der Waals surface area contributed by atoms with Crippen molar-refractivity contribution >= 4 is 58.9 Å². The van der Waals surface area contributed by atoms with Gasteiger partial charge >= 0.3 is 44.8 Å². The molecule has 0 rings (SSSR count). The van der Waals surface area contributed by atoms with Crippen LogP contribution in [0.5, 0.6) is 0 Å². The summed E-state index contributed by atoms with van der Waals surface area (Å²) < 4.78 is 0. The summed E-state index contributed by atoms with van der Waals surface area (Å²) in [6, 6.07) is 0. The minimum atomic E-state index is -2.19. The standard InChI is InChI=1S/3C2H2O4.Mg.Ti/c3*3-1(4)2(5)6;;/h3*(H,3,4)(H,5,6);;/q;;;+2;+4/p-6. The van der Waals surface area contributed by atoms with Gasteiger partial charge in [0.05, 0.1) is 35.8 Å². The van der Waals surface area contributed by atoms with E-state index >= 15 is 0 Å². The molecule has 102 valence electrons. The fraction of sp³-hybridized carbons (Fsp3) is 0. The second kappa shape index (κ2) is 17.3. The molecule has 0 saturated carbocycles. The number of carbonyl (C=O) groups excluding carboxylic acids is 6. The van der Waals surface area contributed by atoms with Crippen LogP contribution < -0.4 is 30.6 Å². The van der Waals surface area contributed by atoms with Crippen molar-refractivity contribution < 1.29 is 81.1 Å². The van der Waals surface area contributed by atoms with Crippen LogP contribution in [0.3, 0.4) is 0 Å². The second-order valence-electron chi connectivity index (χ2n) is 1.72. The molecule has 0 amide bonds. The van der Waals surface area contributed by atoms with Gasteiger partial charge in [-0.25, -0.2) is 0 Å². The number of aliphatic carboxylic acids is 6. The monoisotopic (exact) mass is 336 g/mol. The topological polar surface area (TPSA) is 241 Å². The number of carbonyl (C=O) groups is 6. The number of carboxylic acid groups (broad SMARTS) is 6. The Morgan fingerprint density at radius 2 is 0.450 bits per heavy atom. The van der Waals surface area contributed by atoms with Crippen molar-refractivity contribution in [3.05, 3.63) is 0 Å². The van der Waals surface area contributed by atoms with E-state index in [1.54, 1.807) is 0 Å². The molecule has 14 heteroatoms. The van der Waals surface area contributed by atoms with Gasteiger partial charge in [0.1, 0.15) is 0 Å². The Hall–Kier alpha value is -1.70. The largest absolute Gasteiger partial charge is 4.00 e. The minimum Gasteiger partial charge on any atom is -0.543 e. The zero-order valence-electron chi connectivity index (χ0n) is 9.11. The van der Waals surface area contributed by atoms with Crippen molar-refractivity contribution in [1.82, 2.24) is 0 Å². The summed E-state index contributed by atoms with van der Waals surface area (Å²) in [5, 5.41) is 53.6. The van der Waals surface area contributed by atoms with Gasteiger partial charge in [0.15, 0.2) is 0 Å². The zero-order chi connectivity index (χ0) is 15.5. The molecule has 0 bridgehead atoms. The van der Waals surface area contributed by atoms with Gasteiger partial charge in [-0.3, -0.25) is 0 Å². The first-order chi connectivity index (χ1) is 7.93. The molecule has 0 spiro atoms. The average molecular weight is 336 g/mol. The third kappa shape index (κ3) is 36.0. The Labute approximate surface area is 140 Å². The maximum absolute atomic E-state index is 8.93. The maximum atomic E-state index is 8.93. The first-order valence-corrected chi connectivity index (χ1v) is 3.20. The summed E-state index contributed by atoms with van der Waals surface area (Å²) in [6.45, 7) is 0. The van der Waals surface area contributed by atoms with Crippen LogP contribution >= 0.6 is 0 Å². The van der Waals surface area contributed by atoms with Crippen molar-refractivity contribution in [1.29, 1.82) is 0 Å². The molecule has 0 aliphatic carbocycles. The van der Waals surface area contributed by atoms with E-state index in [1.165, 1.54) is 0 Å². The van der Waals surface area contributed by atoms with Gasteiger partial charge in [-0.1, -0.05) is 0 Å². The van der Waals surface area contributed by atoms with Crippen molar-refractivity contribution in [2.24, 2.45) is 0 Å². The third-order valence-corrected chi connectivity index (χ3v) is 0.500. The third-order valence-electron chi connectivity index (χ3n) is 0.500. The van der Waals surface area contributed by atoms with Crippen LogP contribution in [0, 0.1) is 0 Å². The van der Waals surface area contributed by atoms with E-state index < -0.39 is 35.8 Å². The fourth-order valence-corrected chi connectivity index (χ4v) is 0. The Balaban J connectivity index is -0.0000000536. The van der Waals surface area contributed by atoms with Gasteiger partial charge in [-0.15, -0.1) is 0 Å². The molecule has 0 aromatic carbocycles. The number of rotatable bonds is 0. The Morgan fingerprint density at radius 1 is 0.400 bits per heavy atom. The van der Waals surface area contributed by atoms with Gasteiger partial charge in [0, 0.05) is 0 Å². The van der Waals surface area contributed by atoms with Crippen molar-refractivity contribution in [3.8, 4) is 0 Å². The summed E-state index contributed by atoms with van der Waals surface area (Å²) in [5.41, 5.74) is 0. The molecule has 0 fully saturated rings. The van der Waals surface area contributed by atoms with Crippen LogP contribution in [0.4, 0.5) is 0 Å². The first-order valence-electron chi connectivity index (χ1n) is 3.20. The Morgan fingerprint density at radius 3 is 0.450 bits per heavy atom. The van der Waals surface area contributed by atoms with Crippen LogP contribution in [0.1, 0.15) is 0 Å². The van der Waals surface area contributed by atoms with Gasteiger partial charge in [0.25, 0.3) is 0 Å². The summed E-state index contributed by atoms with van der Waals surface area (Å²) in [4.78, 5) is 53.6. The summed E-state index contributed by atoms with van der Waals surface area (Å²) in [6.07, 6.45) is 0. The molecule has 0 N–H and O–H groups in total. The molecule has 0 aliphatic rings. The van der Waals surface area contributed by atoms with Gasteiger partial charge in [-0.2, -0.15) is 0 Å². The number of carboxylic acids is 6. The van der Waals surface area contributed by atoms with E-state index in [-0.39, 0.29) is 44.8 Å². The minimum absolute atomic E-state index is 0. The molecule has 0 aromatic rings. The molecule has 0 radical (unpaired) electrons. The van der Waals surface area contributed by atoms with E-state index in [0.717, 1.165) is 0 Å². The number of hydrogen-bond acceptors (Lipinski definition) is 12. The first kappa shape index (κ1) is 31.0.